The molecule has 0 radical (unpaired) electrons. The quantitative estimate of drug-likeness (QED) is 0.0238. The second kappa shape index (κ2) is 45.5. The van der Waals surface area contributed by atoms with Crippen molar-refractivity contribution in [1.82, 2.24) is 5.32 Å². The number of aliphatic hydroxyl groups is 11. The molecule has 17 unspecified atom stereocenters. The van der Waals surface area contributed by atoms with E-state index in [-0.39, 0.29) is 18.9 Å². The Kier molecular flexibility index (Phi) is 40.8. The minimum absolute atomic E-state index is 0.238. The summed E-state index contributed by atoms with van der Waals surface area (Å²) in [6.45, 7) is 1.54. The van der Waals surface area contributed by atoms with Gasteiger partial charge in [-0.05, 0) is 64.2 Å². The molecule has 0 aromatic carbocycles. The van der Waals surface area contributed by atoms with E-state index in [1.165, 1.54) is 70.6 Å². The maximum atomic E-state index is 13.3. The fraction of sp³-hybridized carbons (Fsp3) is 0.794. The maximum absolute atomic E-state index is 13.3. The van der Waals surface area contributed by atoms with E-state index in [1.54, 1.807) is 6.08 Å². The molecule has 1 amide bonds. The zero-order valence-corrected chi connectivity index (χ0v) is 49.4. The van der Waals surface area contributed by atoms with Crippen LogP contribution in [0.4, 0.5) is 0 Å². The van der Waals surface area contributed by atoms with Crippen LogP contribution in [0.3, 0.4) is 0 Å². The molecule has 82 heavy (non-hydrogen) atoms. The smallest absolute Gasteiger partial charge is 0.220 e. The second-order valence-corrected chi connectivity index (χ2v) is 22.1. The molecule has 0 aromatic rings. The lowest BCUT2D eigenvalue weighted by Gasteiger charge is -2.48. The van der Waals surface area contributed by atoms with Gasteiger partial charge in [-0.2, -0.15) is 0 Å². The summed E-state index contributed by atoms with van der Waals surface area (Å²) in [6.07, 6.45) is 27.8. The summed E-state index contributed by atoms with van der Waals surface area (Å²) in [5.41, 5.74) is 0. The molecule has 474 valence electrons. The number of hydrogen-bond acceptors (Lipinski definition) is 18. The van der Waals surface area contributed by atoms with Crippen molar-refractivity contribution in [3.8, 4) is 0 Å². The zero-order chi connectivity index (χ0) is 59.7. The Morgan fingerprint density at radius 2 is 0.841 bits per heavy atom. The van der Waals surface area contributed by atoms with Crippen LogP contribution in [0.2, 0.25) is 0 Å². The highest BCUT2D eigenvalue weighted by Gasteiger charge is 2.53. The van der Waals surface area contributed by atoms with E-state index < -0.39 is 124 Å². The molecule has 3 saturated heterocycles. The first-order valence-corrected chi connectivity index (χ1v) is 31.2. The van der Waals surface area contributed by atoms with Crippen LogP contribution in [0.15, 0.2) is 72.9 Å². The lowest BCUT2D eigenvalue weighted by molar-refractivity contribution is -0.379. The summed E-state index contributed by atoms with van der Waals surface area (Å²) in [7, 11) is 0. The van der Waals surface area contributed by atoms with Gasteiger partial charge in [0.2, 0.25) is 5.91 Å². The Hall–Kier alpha value is -2.77. The number of nitrogens with one attached hydrogen (secondary N) is 1. The molecule has 0 bridgehead atoms. The van der Waals surface area contributed by atoms with Gasteiger partial charge in [0, 0.05) is 6.42 Å². The molecule has 3 heterocycles. The van der Waals surface area contributed by atoms with Crippen molar-refractivity contribution in [1.29, 1.82) is 0 Å². The van der Waals surface area contributed by atoms with Gasteiger partial charge >= 0.3 is 0 Å². The summed E-state index contributed by atoms with van der Waals surface area (Å²) in [5, 5.41) is 120. The molecule has 19 nitrogen and oxygen atoms in total. The molecule has 3 aliphatic heterocycles. The average Bonchev–Trinajstić information content (AvgIpc) is 3.60. The number of ether oxygens (including phenoxy) is 6. The minimum Gasteiger partial charge on any atom is -0.394 e. The van der Waals surface area contributed by atoms with Gasteiger partial charge in [-0.1, -0.05) is 189 Å². The van der Waals surface area contributed by atoms with Gasteiger partial charge in [0.15, 0.2) is 18.9 Å². The normalized spacial score (nSPS) is 30.1. The largest absolute Gasteiger partial charge is 0.394 e. The van der Waals surface area contributed by atoms with Gasteiger partial charge in [0.25, 0.3) is 0 Å². The molecule has 0 spiro atoms. The Morgan fingerprint density at radius 3 is 1.32 bits per heavy atom. The van der Waals surface area contributed by atoms with Crippen LogP contribution in [0, 0.1) is 0 Å². The SMILES string of the molecule is CC/C=C\C/C=C\C/C=C\C/C=C\C/C=C\CCCCCCCCCCCCCCCC(=O)NC(COC1OC(CO)C(OC2OC(CO)C(OC3OC(CO)C(O)C(O)C3O)C(O)C2O)C(O)C1O)C(O)/C=C/CCCCCCCC. The first-order chi connectivity index (χ1) is 39.8. The van der Waals surface area contributed by atoms with E-state index in [0.29, 0.717) is 6.42 Å². The van der Waals surface area contributed by atoms with E-state index in [9.17, 15) is 61.0 Å². The van der Waals surface area contributed by atoms with Crippen LogP contribution in [-0.2, 0) is 33.2 Å². The number of unbranched alkanes of at least 4 members (excludes halogenated alkanes) is 19. The van der Waals surface area contributed by atoms with E-state index in [4.69, 9.17) is 28.4 Å². The van der Waals surface area contributed by atoms with Crippen molar-refractivity contribution in [2.75, 3.05) is 26.4 Å². The lowest BCUT2D eigenvalue weighted by Crippen LogP contribution is -2.66. The molecular weight excluding hydrogens is 1060 g/mol. The van der Waals surface area contributed by atoms with Crippen LogP contribution in [-0.4, -0.2) is 193 Å². The van der Waals surface area contributed by atoms with Gasteiger partial charge in [-0.15, -0.1) is 0 Å². The van der Waals surface area contributed by atoms with E-state index in [0.717, 1.165) is 89.9 Å². The van der Waals surface area contributed by atoms with Gasteiger partial charge in [0.05, 0.1) is 38.6 Å². The monoisotopic (exact) mass is 1170 g/mol. The van der Waals surface area contributed by atoms with Gasteiger partial charge < -0.3 is 89.9 Å². The third kappa shape index (κ3) is 28.6. The second-order valence-electron chi connectivity index (χ2n) is 22.1. The highest BCUT2D eigenvalue weighted by Crippen LogP contribution is 2.33. The lowest BCUT2D eigenvalue weighted by atomic mass is 9.96. The number of allylic oxidation sites excluding steroid dienone is 11. The molecular formula is C63H109NO18. The molecule has 3 fully saturated rings. The molecule has 12 N–H and O–H groups in total. The summed E-state index contributed by atoms with van der Waals surface area (Å²) in [4.78, 5) is 13.3. The molecule has 19 heteroatoms. The van der Waals surface area contributed by atoms with Gasteiger partial charge in [-0.3, -0.25) is 4.79 Å². The van der Waals surface area contributed by atoms with Crippen LogP contribution in [0.5, 0.6) is 0 Å². The van der Waals surface area contributed by atoms with Crippen LogP contribution < -0.4 is 5.32 Å². The Balaban J connectivity index is 1.37. The van der Waals surface area contributed by atoms with E-state index in [1.807, 2.05) is 6.08 Å². The molecule has 3 rings (SSSR count). The fourth-order valence-corrected chi connectivity index (χ4v) is 10.2. The Bertz CT molecular complexity index is 1780. The third-order valence-corrected chi connectivity index (χ3v) is 15.3. The number of aliphatic hydroxyl groups excluding tert-OH is 11. The summed E-state index contributed by atoms with van der Waals surface area (Å²) >= 11 is 0. The fourth-order valence-electron chi connectivity index (χ4n) is 10.2. The number of carbonyl (C=O) groups excluding carboxylic acids is 1. The van der Waals surface area contributed by atoms with Crippen molar-refractivity contribution >= 4 is 5.91 Å². The Morgan fingerprint density at radius 1 is 0.451 bits per heavy atom. The topological polar surface area (TPSA) is 307 Å². The molecule has 17 atom stereocenters. The van der Waals surface area contributed by atoms with Crippen LogP contribution in [0.1, 0.15) is 187 Å². The van der Waals surface area contributed by atoms with Crippen LogP contribution in [0.25, 0.3) is 0 Å². The zero-order valence-electron chi connectivity index (χ0n) is 49.4. The molecule has 3 aliphatic rings. The molecule has 0 aliphatic carbocycles. The molecule has 0 aromatic heterocycles. The Labute approximate surface area is 489 Å². The van der Waals surface area contributed by atoms with Crippen molar-refractivity contribution < 1.29 is 89.4 Å². The van der Waals surface area contributed by atoms with Crippen molar-refractivity contribution in [3.05, 3.63) is 72.9 Å². The van der Waals surface area contributed by atoms with Gasteiger partial charge in [0.1, 0.15) is 73.2 Å². The maximum Gasteiger partial charge on any atom is 0.220 e. The number of rotatable bonds is 45. The van der Waals surface area contributed by atoms with E-state index in [2.05, 4.69) is 79.9 Å². The van der Waals surface area contributed by atoms with E-state index >= 15 is 0 Å². The minimum atomic E-state index is -1.98. The first-order valence-electron chi connectivity index (χ1n) is 31.2. The van der Waals surface area contributed by atoms with Crippen molar-refractivity contribution in [2.24, 2.45) is 0 Å². The summed E-state index contributed by atoms with van der Waals surface area (Å²) in [5.74, 6) is -0.284. The van der Waals surface area contributed by atoms with Crippen LogP contribution >= 0.6 is 0 Å². The number of hydrogen-bond donors (Lipinski definition) is 12. The predicted octanol–water partition coefficient (Wildman–Crippen LogP) is 6.21. The van der Waals surface area contributed by atoms with Gasteiger partial charge in [-0.25, -0.2) is 0 Å². The highest BCUT2D eigenvalue weighted by molar-refractivity contribution is 5.76. The standard InChI is InChI=1S/C63H109NO18/c1-3-5-7-9-11-13-14-15-16-17-18-19-20-21-22-23-24-25-26-27-28-29-30-31-32-33-35-37-39-41-51(69)64-46(47(68)40-38-36-34-12-10-8-6-4-2)45-77-61-57(75)54(72)59(49(43-66)79-61)82-63-58(76)55(73)60(50(44-67)80-63)81-62-56(74)53(71)52(70)48(42-65)78-62/h5,7,11,13,15-16,18-19,21-22,38,40,46-50,52-63,65-68,70-76H,3-4,6,8-10,12,14,17,20,23-37,39,41-45H2,1-2H3,(H,64,69)/b7-5-,13-11-,16-15-,19-18-,22-21-,40-38+. The van der Waals surface area contributed by atoms with Crippen molar-refractivity contribution in [3.63, 3.8) is 0 Å². The van der Waals surface area contributed by atoms with Crippen molar-refractivity contribution in [2.45, 2.75) is 291 Å². The summed E-state index contributed by atoms with van der Waals surface area (Å²) < 4.78 is 34.2. The highest BCUT2D eigenvalue weighted by atomic mass is 16.8. The average molecular weight is 1170 g/mol. The number of carbonyl (C=O) groups is 1. The predicted molar refractivity (Wildman–Crippen MR) is 314 cm³/mol. The first kappa shape index (κ1) is 73.5. The number of amides is 1. The third-order valence-electron chi connectivity index (χ3n) is 15.3. The molecule has 0 saturated carbocycles. The summed E-state index contributed by atoms with van der Waals surface area (Å²) in [6, 6.07) is -0.974.